The molecule has 1 aliphatic rings. The van der Waals surface area contributed by atoms with Crippen LogP contribution in [0, 0.1) is 5.82 Å². The predicted octanol–water partition coefficient (Wildman–Crippen LogP) is 3.86. The molecule has 0 aliphatic carbocycles. The molecule has 4 nitrogen and oxygen atoms in total. The van der Waals surface area contributed by atoms with Gasteiger partial charge in [-0.2, -0.15) is 0 Å². The van der Waals surface area contributed by atoms with Crippen molar-refractivity contribution in [2.24, 2.45) is 0 Å². The van der Waals surface area contributed by atoms with Crippen molar-refractivity contribution in [1.29, 1.82) is 0 Å². The molecule has 27 heavy (non-hydrogen) atoms. The number of thiazole rings is 1. The Morgan fingerprint density at radius 2 is 1.89 bits per heavy atom. The first kappa shape index (κ1) is 20.0. The number of hydrogen-bond acceptors (Lipinski definition) is 4. The van der Waals surface area contributed by atoms with E-state index in [2.05, 4.69) is 31.1 Å². The standard InChI is InChI=1S/C21H28FN3OS/c1-21(2,3)20-23-18(15-27-20)14-24-9-4-10-25(12-11-24)19(26)13-16-5-7-17(22)8-6-16/h5-8,15H,4,9-14H2,1-3H3. The van der Waals surface area contributed by atoms with Gasteiger partial charge in [0, 0.05) is 43.5 Å². The van der Waals surface area contributed by atoms with E-state index >= 15 is 0 Å². The molecule has 146 valence electrons. The highest BCUT2D eigenvalue weighted by Crippen LogP contribution is 2.26. The number of carbonyl (C=O) groups excluding carboxylic acids is 1. The lowest BCUT2D eigenvalue weighted by molar-refractivity contribution is -0.130. The van der Waals surface area contributed by atoms with E-state index in [1.165, 1.54) is 17.1 Å². The Bertz CT molecular complexity index is 766. The molecule has 1 amide bonds. The van der Waals surface area contributed by atoms with Gasteiger partial charge in [-0.15, -0.1) is 11.3 Å². The summed E-state index contributed by atoms with van der Waals surface area (Å²) in [5.41, 5.74) is 2.07. The Labute approximate surface area is 165 Å². The van der Waals surface area contributed by atoms with Crippen molar-refractivity contribution in [1.82, 2.24) is 14.8 Å². The lowest BCUT2D eigenvalue weighted by Crippen LogP contribution is -2.36. The number of benzene rings is 1. The van der Waals surface area contributed by atoms with Gasteiger partial charge in [-0.05, 0) is 24.1 Å². The summed E-state index contributed by atoms with van der Waals surface area (Å²) in [5, 5.41) is 3.33. The van der Waals surface area contributed by atoms with E-state index in [-0.39, 0.29) is 17.1 Å². The second-order valence-electron chi connectivity index (χ2n) is 8.21. The van der Waals surface area contributed by atoms with Crippen LogP contribution in [0.25, 0.3) is 0 Å². The predicted molar refractivity (Wildman–Crippen MR) is 107 cm³/mol. The molecule has 2 aromatic rings. The quantitative estimate of drug-likeness (QED) is 0.797. The largest absolute Gasteiger partial charge is 0.341 e. The molecule has 0 spiro atoms. The summed E-state index contributed by atoms with van der Waals surface area (Å²) in [4.78, 5) is 21.7. The maximum Gasteiger partial charge on any atom is 0.227 e. The summed E-state index contributed by atoms with van der Waals surface area (Å²) in [6.07, 6.45) is 1.30. The van der Waals surface area contributed by atoms with Crippen LogP contribution < -0.4 is 0 Å². The number of aromatic nitrogens is 1. The third-order valence-electron chi connectivity index (χ3n) is 4.79. The van der Waals surface area contributed by atoms with Crippen molar-refractivity contribution in [3.05, 3.63) is 51.7 Å². The zero-order valence-electron chi connectivity index (χ0n) is 16.4. The fraction of sp³-hybridized carbons (Fsp3) is 0.524. The van der Waals surface area contributed by atoms with E-state index < -0.39 is 0 Å². The number of halogens is 1. The fourth-order valence-electron chi connectivity index (χ4n) is 3.22. The van der Waals surface area contributed by atoms with Crippen LogP contribution in [-0.2, 0) is 23.2 Å². The summed E-state index contributed by atoms with van der Waals surface area (Å²) in [6, 6.07) is 6.19. The van der Waals surface area contributed by atoms with Crippen molar-refractivity contribution in [2.45, 2.75) is 45.6 Å². The smallest absolute Gasteiger partial charge is 0.227 e. The van der Waals surface area contributed by atoms with E-state index in [1.807, 2.05) is 4.90 Å². The molecule has 6 heteroatoms. The number of amides is 1. The van der Waals surface area contributed by atoms with Gasteiger partial charge >= 0.3 is 0 Å². The van der Waals surface area contributed by atoms with Crippen molar-refractivity contribution in [3.8, 4) is 0 Å². The molecule has 3 rings (SSSR count). The summed E-state index contributed by atoms with van der Waals surface area (Å²) in [6.45, 7) is 10.7. The molecule has 1 aromatic heterocycles. The normalized spacial score (nSPS) is 16.4. The van der Waals surface area contributed by atoms with Gasteiger partial charge in [-0.1, -0.05) is 32.9 Å². The highest BCUT2D eigenvalue weighted by molar-refractivity contribution is 7.09. The maximum absolute atomic E-state index is 13.0. The summed E-state index contributed by atoms with van der Waals surface area (Å²) in [5.74, 6) is -0.152. The Morgan fingerprint density at radius 1 is 1.15 bits per heavy atom. The van der Waals surface area contributed by atoms with Crippen LogP contribution in [-0.4, -0.2) is 46.9 Å². The van der Waals surface area contributed by atoms with Gasteiger partial charge in [0.05, 0.1) is 17.1 Å². The van der Waals surface area contributed by atoms with Crippen molar-refractivity contribution in [2.75, 3.05) is 26.2 Å². The minimum atomic E-state index is -0.270. The molecular formula is C21H28FN3OS. The van der Waals surface area contributed by atoms with Crippen molar-refractivity contribution in [3.63, 3.8) is 0 Å². The molecule has 0 radical (unpaired) electrons. The second-order valence-corrected chi connectivity index (χ2v) is 9.07. The zero-order valence-corrected chi connectivity index (χ0v) is 17.2. The lowest BCUT2D eigenvalue weighted by Gasteiger charge is -2.21. The first-order valence-electron chi connectivity index (χ1n) is 9.51. The van der Waals surface area contributed by atoms with Gasteiger partial charge in [0.1, 0.15) is 5.82 Å². The molecule has 1 aromatic carbocycles. The number of nitrogens with zero attached hydrogens (tertiary/aromatic N) is 3. The van der Waals surface area contributed by atoms with Crippen LogP contribution in [0.15, 0.2) is 29.6 Å². The molecule has 1 fully saturated rings. The second kappa shape index (κ2) is 8.48. The monoisotopic (exact) mass is 389 g/mol. The Kier molecular flexibility index (Phi) is 6.27. The minimum absolute atomic E-state index is 0.0886. The molecule has 0 saturated carbocycles. The molecule has 0 unspecified atom stereocenters. The minimum Gasteiger partial charge on any atom is -0.341 e. The highest BCUT2D eigenvalue weighted by atomic mass is 32.1. The Hall–Kier alpha value is -1.79. The molecule has 0 bridgehead atoms. The Balaban J connectivity index is 1.53. The van der Waals surface area contributed by atoms with Crippen LogP contribution in [0.3, 0.4) is 0 Å². The van der Waals surface area contributed by atoms with E-state index in [0.29, 0.717) is 6.42 Å². The van der Waals surface area contributed by atoms with E-state index in [0.717, 1.165) is 50.4 Å². The molecule has 0 N–H and O–H groups in total. The third kappa shape index (κ3) is 5.59. The molecular weight excluding hydrogens is 361 g/mol. The molecule has 2 heterocycles. The van der Waals surface area contributed by atoms with Crippen LogP contribution >= 0.6 is 11.3 Å². The average Bonchev–Trinajstić information content (AvgIpc) is 2.96. The van der Waals surface area contributed by atoms with Crippen LogP contribution in [0.2, 0.25) is 0 Å². The fourth-order valence-corrected chi connectivity index (χ4v) is 4.12. The molecule has 0 atom stereocenters. The van der Waals surface area contributed by atoms with E-state index in [4.69, 9.17) is 4.98 Å². The maximum atomic E-state index is 13.0. The lowest BCUT2D eigenvalue weighted by atomic mass is 9.98. The summed E-state index contributed by atoms with van der Waals surface area (Å²) in [7, 11) is 0. The van der Waals surface area contributed by atoms with Gasteiger partial charge < -0.3 is 4.90 Å². The van der Waals surface area contributed by atoms with E-state index in [9.17, 15) is 9.18 Å². The van der Waals surface area contributed by atoms with Gasteiger partial charge in [-0.3, -0.25) is 9.69 Å². The molecule has 1 aliphatic heterocycles. The number of rotatable bonds is 4. The zero-order chi connectivity index (χ0) is 19.4. The number of carbonyl (C=O) groups is 1. The first-order chi connectivity index (χ1) is 12.8. The van der Waals surface area contributed by atoms with E-state index in [1.54, 1.807) is 23.5 Å². The number of hydrogen-bond donors (Lipinski definition) is 0. The topological polar surface area (TPSA) is 36.4 Å². The summed E-state index contributed by atoms with van der Waals surface area (Å²) >= 11 is 1.73. The SMILES string of the molecule is CC(C)(C)c1nc(CN2CCCN(C(=O)Cc3ccc(F)cc3)CC2)cs1. The Morgan fingerprint density at radius 3 is 2.56 bits per heavy atom. The van der Waals surface area contributed by atoms with Crippen molar-refractivity contribution < 1.29 is 9.18 Å². The van der Waals surface area contributed by atoms with Crippen molar-refractivity contribution >= 4 is 17.2 Å². The highest BCUT2D eigenvalue weighted by Gasteiger charge is 2.22. The van der Waals surface area contributed by atoms with Gasteiger partial charge in [0.2, 0.25) is 5.91 Å². The van der Waals surface area contributed by atoms with Crippen LogP contribution in [0.4, 0.5) is 4.39 Å². The first-order valence-corrected chi connectivity index (χ1v) is 10.4. The summed E-state index contributed by atoms with van der Waals surface area (Å²) < 4.78 is 13.0. The van der Waals surface area contributed by atoms with Crippen LogP contribution in [0.1, 0.15) is 43.5 Å². The van der Waals surface area contributed by atoms with Gasteiger partial charge in [0.25, 0.3) is 0 Å². The van der Waals surface area contributed by atoms with Gasteiger partial charge in [0.15, 0.2) is 0 Å². The van der Waals surface area contributed by atoms with Gasteiger partial charge in [-0.25, -0.2) is 9.37 Å². The average molecular weight is 390 g/mol. The van der Waals surface area contributed by atoms with Crippen LogP contribution in [0.5, 0.6) is 0 Å². The third-order valence-corrected chi connectivity index (χ3v) is 6.11. The molecule has 1 saturated heterocycles.